The van der Waals surface area contributed by atoms with Crippen molar-refractivity contribution in [2.24, 2.45) is 5.10 Å². The molecule has 0 atom stereocenters. The maximum atomic E-state index is 13.0. The molecule has 298 valence electrons. The number of phenolic OH excluding ortho intramolecular Hbond substituents is 2. The van der Waals surface area contributed by atoms with Gasteiger partial charge in [0, 0.05) is 0 Å². The van der Waals surface area contributed by atoms with E-state index in [-0.39, 0.29) is 17.2 Å². The summed E-state index contributed by atoms with van der Waals surface area (Å²) in [5, 5.41) is 28.5. The van der Waals surface area contributed by atoms with Crippen molar-refractivity contribution in [1.29, 1.82) is 0 Å². The molecule has 58 heavy (non-hydrogen) atoms. The van der Waals surface area contributed by atoms with Crippen LogP contribution in [0.5, 0.6) is 28.7 Å². The van der Waals surface area contributed by atoms with Gasteiger partial charge in [-0.05, 0) is 109 Å². The second-order valence-corrected chi connectivity index (χ2v) is 12.7. The van der Waals surface area contributed by atoms with E-state index in [2.05, 4.69) is 5.10 Å². The molecule has 0 aliphatic heterocycles. The number of carbonyl (C=O) groups is 1. The van der Waals surface area contributed by atoms with Gasteiger partial charge in [0.15, 0.2) is 23.0 Å². The number of aromatic nitrogens is 2. The van der Waals surface area contributed by atoms with Gasteiger partial charge in [-0.25, -0.2) is 4.68 Å². The number of halogens is 3. The van der Waals surface area contributed by atoms with Crippen LogP contribution in [0.15, 0.2) is 120 Å². The third-order valence-corrected chi connectivity index (χ3v) is 8.49. The number of nitrogens with zero attached hydrogens (tertiary/aromatic N) is 4. The Morgan fingerprint density at radius 3 is 1.93 bits per heavy atom. The second-order valence-electron chi connectivity index (χ2n) is 12.7. The van der Waals surface area contributed by atoms with E-state index in [4.69, 9.17) is 19.3 Å². The lowest BCUT2D eigenvalue weighted by Gasteiger charge is -2.20. The fourth-order valence-electron chi connectivity index (χ4n) is 5.58. The molecule has 0 unspecified atom stereocenters. The third-order valence-electron chi connectivity index (χ3n) is 8.49. The molecule has 1 aromatic heterocycles. The Kier molecular flexibility index (Phi) is 13.7. The first kappa shape index (κ1) is 41.9. The van der Waals surface area contributed by atoms with E-state index in [9.17, 15) is 28.2 Å². The fraction of sp³-hybridized carbons (Fsp3) is 0.133. The normalized spacial score (nSPS) is 11.4. The first-order valence-corrected chi connectivity index (χ1v) is 17.7. The highest BCUT2D eigenvalue weighted by Crippen LogP contribution is 2.30. The summed E-state index contributed by atoms with van der Waals surface area (Å²) in [5.74, 6) is -0.493. The fourth-order valence-corrected chi connectivity index (χ4v) is 5.58. The van der Waals surface area contributed by atoms with Gasteiger partial charge in [-0.2, -0.15) is 28.4 Å². The molecule has 1 heterocycles. The summed E-state index contributed by atoms with van der Waals surface area (Å²) < 4.78 is 56.2. The van der Waals surface area contributed by atoms with E-state index < -0.39 is 12.1 Å². The zero-order valence-corrected chi connectivity index (χ0v) is 32.3. The van der Waals surface area contributed by atoms with Crippen LogP contribution in [0.4, 0.5) is 18.9 Å². The van der Waals surface area contributed by atoms with Crippen LogP contribution in [-0.4, -0.2) is 59.6 Å². The number of phenols is 2. The van der Waals surface area contributed by atoms with E-state index >= 15 is 0 Å². The summed E-state index contributed by atoms with van der Waals surface area (Å²) in [4.78, 5) is 11.8. The summed E-state index contributed by atoms with van der Waals surface area (Å²) in [6.07, 6.45) is 3.88. The first-order valence-electron chi connectivity index (χ1n) is 17.7. The second kappa shape index (κ2) is 19.0. The molecule has 0 saturated carbocycles. The quantitative estimate of drug-likeness (QED) is 0.0991. The smallest absolute Gasteiger partial charge is 0.473 e. The Bertz CT molecular complexity index is 2440. The van der Waals surface area contributed by atoms with Gasteiger partial charge in [-0.15, -0.1) is 0 Å². The lowest BCUT2D eigenvalue weighted by Crippen LogP contribution is -2.38. The number of aromatic hydroxyl groups is 2. The summed E-state index contributed by atoms with van der Waals surface area (Å²) in [7, 11) is 4.52. The number of benzene rings is 5. The molecule has 0 saturated heterocycles. The van der Waals surface area contributed by atoms with E-state index in [1.807, 2.05) is 84.4 Å². The number of alkyl halides is 3. The Morgan fingerprint density at radius 1 is 0.707 bits per heavy atom. The molecule has 0 spiro atoms. The van der Waals surface area contributed by atoms with Gasteiger partial charge in [0.25, 0.3) is 0 Å². The minimum atomic E-state index is -5.04. The summed E-state index contributed by atoms with van der Waals surface area (Å²) in [6, 6.07) is 33.6. The van der Waals surface area contributed by atoms with Crippen molar-refractivity contribution in [3.8, 4) is 34.4 Å². The Hall–Kier alpha value is -7.28. The average molecular weight is 791 g/mol. The number of rotatable bonds is 11. The van der Waals surface area contributed by atoms with Crippen LogP contribution in [0.2, 0.25) is 0 Å². The van der Waals surface area contributed by atoms with Gasteiger partial charge < -0.3 is 24.4 Å². The summed E-state index contributed by atoms with van der Waals surface area (Å²) in [6.45, 7) is 3.44. The van der Waals surface area contributed by atoms with Gasteiger partial charge >= 0.3 is 12.1 Å². The first-order chi connectivity index (χ1) is 27.8. The maximum absolute atomic E-state index is 13.0. The number of carbonyl (C=O) groups excluding carboxylic acids is 1. The SMILES string of the molecule is COc1cc(/C=C/c2cc(/C=C/c3ccc(O)c(OC)c3)n(-c3ccccc3)n2)ccc1O.COc1cccc(/C=N/N(C(=O)C(F)(F)F)c2ccc(C)cc2C)c1. The molecule has 0 aliphatic carbocycles. The lowest BCUT2D eigenvalue weighted by atomic mass is 10.1. The highest BCUT2D eigenvalue weighted by atomic mass is 19.4. The van der Waals surface area contributed by atoms with Crippen molar-refractivity contribution < 1.29 is 42.4 Å². The number of anilines is 1. The molecule has 6 aromatic rings. The molecule has 0 aliphatic rings. The van der Waals surface area contributed by atoms with E-state index in [1.165, 1.54) is 33.6 Å². The lowest BCUT2D eigenvalue weighted by molar-refractivity contribution is -0.170. The number of hydrogen-bond acceptors (Lipinski definition) is 8. The zero-order chi connectivity index (χ0) is 41.8. The van der Waals surface area contributed by atoms with Crippen LogP contribution in [-0.2, 0) is 4.79 Å². The van der Waals surface area contributed by atoms with Gasteiger partial charge in [0.05, 0.1) is 50.3 Å². The number of para-hydroxylation sites is 1. The molecule has 2 N–H and O–H groups in total. The monoisotopic (exact) mass is 790 g/mol. The maximum Gasteiger partial charge on any atom is 0.473 e. The highest BCUT2D eigenvalue weighted by Gasteiger charge is 2.43. The predicted molar refractivity (Wildman–Crippen MR) is 221 cm³/mol. The molecule has 0 bridgehead atoms. The average Bonchev–Trinajstić information content (AvgIpc) is 3.64. The molecule has 0 fully saturated rings. The molecular formula is C45H41F3N4O6. The molecule has 1 amide bonds. The number of amides is 1. The van der Waals surface area contributed by atoms with Gasteiger partial charge in [-0.3, -0.25) is 4.79 Å². The van der Waals surface area contributed by atoms with Crippen LogP contribution >= 0.6 is 0 Å². The molecule has 6 rings (SSSR count). The Morgan fingerprint density at radius 2 is 1.34 bits per heavy atom. The van der Waals surface area contributed by atoms with Crippen molar-refractivity contribution in [3.63, 3.8) is 0 Å². The number of hydrogen-bond donors (Lipinski definition) is 2. The number of ether oxygens (including phenoxy) is 3. The van der Waals surface area contributed by atoms with Crippen molar-refractivity contribution in [2.75, 3.05) is 26.3 Å². The Balaban J connectivity index is 0.000000230. The molecule has 10 nitrogen and oxygen atoms in total. The van der Waals surface area contributed by atoms with Crippen molar-refractivity contribution in [1.82, 2.24) is 9.78 Å². The number of aryl methyl sites for hydroxylation is 2. The van der Waals surface area contributed by atoms with Crippen LogP contribution in [0.25, 0.3) is 30.0 Å². The van der Waals surface area contributed by atoms with E-state index in [0.29, 0.717) is 33.4 Å². The summed E-state index contributed by atoms with van der Waals surface area (Å²) >= 11 is 0. The van der Waals surface area contributed by atoms with Crippen LogP contribution in [0.3, 0.4) is 0 Å². The standard InChI is InChI=1S/C27H24N2O4.C18H17F3N2O2/c1-32-26-16-19(10-14-24(26)30)8-12-21-18-23(29(28-21)22-6-4-3-5-7-22)13-9-20-11-15-25(31)27(17-20)33-2;1-12-7-8-16(13(2)9-12)23(17(24)18(19,20)21)22-11-14-5-4-6-15(10-14)25-3/h3-18,30-31H,1-2H3;4-11H,1-3H3/b12-8+,13-9+;22-11+. The number of hydrazone groups is 1. The van der Waals surface area contributed by atoms with Crippen molar-refractivity contribution >= 4 is 42.1 Å². The zero-order valence-electron chi connectivity index (χ0n) is 32.3. The van der Waals surface area contributed by atoms with E-state index in [1.54, 1.807) is 67.6 Å². The number of methoxy groups -OCH3 is 3. The molecule has 13 heteroatoms. The predicted octanol–water partition coefficient (Wildman–Crippen LogP) is 9.88. The highest BCUT2D eigenvalue weighted by molar-refractivity contribution is 5.99. The van der Waals surface area contributed by atoms with Crippen molar-refractivity contribution in [2.45, 2.75) is 20.0 Å². The topological polar surface area (TPSA) is 119 Å². The Labute approximate surface area is 334 Å². The van der Waals surface area contributed by atoms with E-state index in [0.717, 1.165) is 33.8 Å². The van der Waals surface area contributed by atoms with Crippen LogP contribution in [0.1, 0.15) is 39.2 Å². The molecule has 0 radical (unpaired) electrons. The van der Waals surface area contributed by atoms with Gasteiger partial charge in [0.2, 0.25) is 0 Å². The molecular weight excluding hydrogens is 750 g/mol. The van der Waals surface area contributed by atoms with Crippen molar-refractivity contribution in [3.05, 3.63) is 154 Å². The van der Waals surface area contributed by atoms with Gasteiger partial charge in [0.1, 0.15) is 5.75 Å². The third kappa shape index (κ3) is 10.9. The van der Waals surface area contributed by atoms with Crippen LogP contribution < -0.4 is 19.2 Å². The molecule has 5 aromatic carbocycles. The van der Waals surface area contributed by atoms with Crippen LogP contribution in [0, 0.1) is 13.8 Å². The minimum Gasteiger partial charge on any atom is -0.504 e. The minimum absolute atomic E-state index is 0.0760. The van der Waals surface area contributed by atoms with Gasteiger partial charge in [-0.1, -0.05) is 72.3 Å². The largest absolute Gasteiger partial charge is 0.504 e. The summed E-state index contributed by atoms with van der Waals surface area (Å²) in [5.41, 5.74) is 6.33.